The van der Waals surface area contributed by atoms with E-state index in [1.165, 1.54) is 18.3 Å². The van der Waals surface area contributed by atoms with Gasteiger partial charge in [-0.2, -0.15) is 5.10 Å². The Bertz CT molecular complexity index is 1520. The van der Waals surface area contributed by atoms with Gasteiger partial charge >= 0.3 is 11.9 Å². The zero-order valence-corrected chi connectivity index (χ0v) is 24.1. The molecule has 10 heteroatoms. The third kappa shape index (κ3) is 7.25. The van der Waals surface area contributed by atoms with Gasteiger partial charge in [0, 0.05) is 13.4 Å². The number of halogens is 3. The van der Waals surface area contributed by atoms with Crippen LogP contribution in [-0.2, 0) is 0 Å². The van der Waals surface area contributed by atoms with Gasteiger partial charge in [0.2, 0.25) is 0 Å². The number of ether oxygens (including phenoxy) is 2. The first-order valence-electron chi connectivity index (χ1n) is 11.0. The van der Waals surface area contributed by atoms with Crippen molar-refractivity contribution in [2.24, 2.45) is 5.10 Å². The molecule has 7 nitrogen and oxygen atoms in total. The molecule has 0 radical (unpaired) electrons. The monoisotopic (exact) mass is 698 g/mol. The van der Waals surface area contributed by atoms with Crippen LogP contribution < -0.4 is 14.9 Å². The van der Waals surface area contributed by atoms with E-state index in [1.807, 2.05) is 0 Å². The third-order valence-electron chi connectivity index (χ3n) is 5.03. The van der Waals surface area contributed by atoms with E-state index in [4.69, 9.17) is 9.47 Å². The molecule has 0 aliphatic carbocycles. The molecule has 38 heavy (non-hydrogen) atoms. The van der Waals surface area contributed by atoms with Crippen LogP contribution in [-0.4, -0.2) is 24.1 Å². The van der Waals surface area contributed by atoms with E-state index in [0.29, 0.717) is 26.7 Å². The summed E-state index contributed by atoms with van der Waals surface area (Å²) in [4.78, 5) is 37.9. The molecule has 0 saturated carbocycles. The second-order valence-electron chi connectivity index (χ2n) is 7.68. The van der Waals surface area contributed by atoms with Gasteiger partial charge in [-0.3, -0.25) is 4.79 Å². The van der Waals surface area contributed by atoms with Crippen molar-refractivity contribution in [1.82, 2.24) is 5.43 Å². The molecule has 0 fully saturated rings. The summed E-state index contributed by atoms with van der Waals surface area (Å²) in [6.07, 6.45) is 1.38. The number of hydrogen-bond acceptors (Lipinski definition) is 6. The van der Waals surface area contributed by atoms with Crippen LogP contribution in [0.3, 0.4) is 0 Å². The minimum absolute atomic E-state index is 0.00413. The van der Waals surface area contributed by atoms with E-state index in [2.05, 4.69) is 58.3 Å². The number of nitrogens with one attached hydrogen (secondary N) is 1. The Balaban J connectivity index is 1.57. The lowest BCUT2D eigenvalue weighted by Gasteiger charge is -2.12. The molecule has 0 bridgehead atoms. The summed E-state index contributed by atoms with van der Waals surface area (Å²) in [5.41, 5.74) is 3.98. The number of nitrogens with zero attached hydrogens (tertiary/aromatic N) is 1. The fraction of sp³-hybridized carbons (Fsp3) is 0. The maximum absolute atomic E-state index is 12.8. The van der Waals surface area contributed by atoms with Gasteiger partial charge in [0.05, 0.1) is 22.9 Å². The summed E-state index contributed by atoms with van der Waals surface area (Å²) in [6.45, 7) is 0. The van der Waals surface area contributed by atoms with Gasteiger partial charge in [-0.25, -0.2) is 15.0 Å². The lowest BCUT2D eigenvalue weighted by atomic mass is 10.2. The molecule has 4 aromatic carbocycles. The Morgan fingerprint density at radius 2 is 1.24 bits per heavy atom. The summed E-state index contributed by atoms with van der Waals surface area (Å²) < 4.78 is 13.4. The first-order chi connectivity index (χ1) is 18.3. The van der Waals surface area contributed by atoms with Gasteiger partial charge in [-0.1, -0.05) is 44.0 Å². The quantitative estimate of drug-likeness (QED) is 0.0955. The van der Waals surface area contributed by atoms with Crippen molar-refractivity contribution in [2.75, 3.05) is 0 Å². The summed E-state index contributed by atoms with van der Waals surface area (Å²) in [7, 11) is 0. The van der Waals surface area contributed by atoms with E-state index in [9.17, 15) is 14.4 Å². The van der Waals surface area contributed by atoms with Crippen LogP contribution in [0.4, 0.5) is 0 Å². The highest BCUT2D eigenvalue weighted by Crippen LogP contribution is 2.30. The molecule has 0 unspecified atom stereocenters. The Morgan fingerprint density at radius 1 is 0.684 bits per heavy atom. The van der Waals surface area contributed by atoms with Gasteiger partial charge in [0.15, 0.2) is 11.5 Å². The fourth-order valence-electron chi connectivity index (χ4n) is 3.13. The predicted octanol–water partition coefficient (Wildman–Crippen LogP) is 7.18. The Hall–Kier alpha value is -3.60. The Kier molecular flexibility index (Phi) is 9.22. The predicted molar refractivity (Wildman–Crippen MR) is 154 cm³/mol. The van der Waals surface area contributed by atoms with E-state index in [0.717, 1.165) is 8.95 Å². The van der Waals surface area contributed by atoms with E-state index >= 15 is 0 Å². The van der Waals surface area contributed by atoms with Crippen molar-refractivity contribution in [3.8, 4) is 11.5 Å². The number of rotatable bonds is 7. The molecule has 0 spiro atoms. The molecule has 1 amide bonds. The van der Waals surface area contributed by atoms with Crippen LogP contribution in [0.5, 0.6) is 11.5 Å². The van der Waals surface area contributed by atoms with Crippen molar-refractivity contribution in [3.05, 3.63) is 127 Å². The highest BCUT2D eigenvalue weighted by molar-refractivity contribution is 9.11. The highest BCUT2D eigenvalue weighted by Gasteiger charge is 2.17. The molecular weight excluding hydrogens is 684 g/mol. The van der Waals surface area contributed by atoms with E-state index in [1.54, 1.807) is 78.9 Å². The SMILES string of the molecule is O=C(Oc1ccc(/C=N/NC(=O)c2ccccc2Br)cc1OC(=O)c1ccc(Br)cc1)c1ccc(Br)cc1. The molecule has 4 rings (SSSR count). The normalized spacial score (nSPS) is 10.7. The fourth-order valence-corrected chi connectivity index (χ4v) is 4.12. The molecule has 1 N–H and O–H groups in total. The van der Waals surface area contributed by atoms with Crippen LogP contribution in [0.2, 0.25) is 0 Å². The van der Waals surface area contributed by atoms with Crippen molar-refractivity contribution < 1.29 is 23.9 Å². The van der Waals surface area contributed by atoms with Crippen LogP contribution in [0.1, 0.15) is 36.6 Å². The standard InChI is InChI=1S/C28H17Br3N2O5/c29-20-10-6-18(7-11-20)27(35)37-24-14-5-17(16-32-33-26(34)22-3-1-2-4-23(22)31)15-25(24)38-28(36)19-8-12-21(30)13-9-19/h1-16H,(H,33,34)/b32-16+. The molecule has 0 heterocycles. The maximum atomic E-state index is 12.8. The average molecular weight is 701 g/mol. The molecule has 0 aromatic heterocycles. The van der Waals surface area contributed by atoms with Crippen molar-refractivity contribution in [1.29, 1.82) is 0 Å². The zero-order chi connectivity index (χ0) is 27.1. The van der Waals surface area contributed by atoms with Crippen molar-refractivity contribution >= 4 is 71.9 Å². The minimum atomic E-state index is -0.644. The third-order valence-corrected chi connectivity index (χ3v) is 6.78. The van der Waals surface area contributed by atoms with Crippen LogP contribution in [0.25, 0.3) is 0 Å². The van der Waals surface area contributed by atoms with Crippen molar-refractivity contribution in [3.63, 3.8) is 0 Å². The van der Waals surface area contributed by atoms with E-state index in [-0.39, 0.29) is 11.5 Å². The average Bonchev–Trinajstić information content (AvgIpc) is 2.91. The molecule has 4 aromatic rings. The van der Waals surface area contributed by atoms with Gasteiger partial charge < -0.3 is 9.47 Å². The largest absolute Gasteiger partial charge is 0.419 e. The molecule has 0 saturated heterocycles. The van der Waals surface area contributed by atoms with Crippen molar-refractivity contribution in [2.45, 2.75) is 0 Å². The zero-order valence-electron chi connectivity index (χ0n) is 19.4. The smallest absolute Gasteiger partial charge is 0.343 e. The van der Waals surface area contributed by atoms with Crippen LogP contribution in [0.15, 0.2) is 110 Å². The summed E-state index contributed by atoms with van der Waals surface area (Å²) in [5, 5.41) is 3.99. The summed E-state index contributed by atoms with van der Waals surface area (Å²) >= 11 is 9.99. The molecular formula is C28H17Br3N2O5. The minimum Gasteiger partial charge on any atom is -0.419 e. The lowest BCUT2D eigenvalue weighted by molar-refractivity contribution is 0.0682. The number of benzene rings is 4. The Labute approximate surface area is 243 Å². The number of hydrogen-bond donors (Lipinski definition) is 1. The number of amides is 1. The Morgan fingerprint density at radius 3 is 1.82 bits per heavy atom. The first kappa shape index (κ1) is 27.4. The lowest BCUT2D eigenvalue weighted by Crippen LogP contribution is -2.18. The van der Waals surface area contributed by atoms with Gasteiger partial charge in [-0.15, -0.1) is 0 Å². The summed E-state index contributed by atoms with van der Waals surface area (Å²) in [5.74, 6) is -1.63. The molecule has 0 aliphatic rings. The first-order valence-corrected chi connectivity index (χ1v) is 13.4. The molecule has 190 valence electrons. The molecule has 0 atom stereocenters. The highest BCUT2D eigenvalue weighted by atomic mass is 79.9. The topological polar surface area (TPSA) is 94.1 Å². The van der Waals surface area contributed by atoms with Crippen LogP contribution in [0, 0.1) is 0 Å². The molecule has 0 aliphatic heterocycles. The number of esters is 2. The number of carbonyl (C=O) groups excluding carboxylic acids is 3. The maximum Gasteiger partial charge on any atom is 0.343 e. The number of carbonyl (C=O) groups is 3. The van der Waals surface area contributed by atoms with Gasteiger partial charge in [-0.05, 0) is 100 Å². The summed E-state index contributed by atoms with van der Waals surface area (Å²) in [6, 6.07) is 24.8. The van der Waals surface area contributed by atoms with E-state index < -0.39 is 17.8 Å². The second kappa shape index (κ2) is 12.8. The number of hydrazone groups is 1. The van der Waals surface area contributed by atoms with Gasteiger partial charge in [0.25, 0.3) is 5.91 Å². The van der Waals surface area contributed by atoms with Gasteiger partial charge in [0.1, 0.15) is 0 Å². The van der Waals surface area contributed by atoms with Crippen LogP contribution >= 0.6 is 47.8 Å². The second-order valence-corrected chi connectivity index (χ2v) is 10.4.